The van der Waals surface area contributed by atoms with Gasteiger partial charge in [0.1, 0.15) is 0 Å². The first-order chi connectivity index (χ1) is 5.18. The minimum absolute atomic E-state index is 0.0946. The highest BCUT2D eigenvalue weighted by Gasteiger charge is 2.20. The van der Waals surface area contributed by atoms with Gasteiger partial charge in [-0.25, -0.2) is 0 Å². The summed E-state index contributed by atoms with van der Waals surface area (Å²) in [6, 6.07) is 0. The van der Waals surface area contributed by atoms with Gasteiger partial charge in [-0.15, -0.1) is 0 Å². The minimum Gasteiger partial charge on any atom is -0.481 e. The van der Waals surface area contributed by atoms with Crippen LogP contribution in [0.5, 0.6) is 0 Å². The molecule has 1 aliphatic rings. The van der Waals surface area contributed by atoms with Crippen LogP contribution in [0.1, 0.15) is 13.3 Å². The van der Waals surface area contributed by atoms with E-state index in [9.17, 15) is 4.79 Å². The molecule has 1 aliphatic heterocycles. The van der Waals surface area contributed by atoms with Crippen molar-refractivity contribution >= 4 is 5.97 Å². The molecule has 11 heavy (non-hydrogen) atoms. The van der Waals surface area contributed by atoms with E-state index in [0.717, 1.165) is 6.54 Å². The number of nitrogens with one attached hydrogen (secondary N) is 1. The van der Waals surface area contributed by atoms with Crippen LogP contribution in [-0.2, 0) is 9.53 Å². The summed E-state index contributed by atoms with van der Waals surface area (Å²) in [6.07, 6.45) is 0.0708. The number of rotatable bonds is 2. The third-order valence-electron chi connectivity index (χ3n) is 1.63. The van der Waals surface area contributed by atoms with E-state index in [2.05, 4.69) is 5.32 Å². The van der Waals surface area contributed by atoms with Gasteiger partial charge < -0.3 is 15.2 Å². The van der Waals surface area contributed by atoms with Crippen LogP contribution in [0.4, 0.5) is 0 Å². The molecule has 0 radical (unpaired) electrons. The number of hydrogen-bond donors (Lipinski definition) is 2. The van der Waals surface area contributed by atoms with Crippen LogP contribution in [0.15, 0.2) is 0 Å². The minimum atomic E-state index is -0.800. The molecular weight excluding hydrogens is 146 g/mol. The summed E-state index contributed by atoms with van der Waals surface area (Å²) in [5.41, 5.74) is 0. The number of morpholine rings is 1. The number of carboxylic acids is 1. The van der Waals surface area contributed by atoms with Gasteiger partial charge in [-0.3, -0.25) is 4.79 Å². The van der Waals surface area contributed by atoms with Gasteiger partial charge in [0.25, 0.3) is 0 Å². The van der Waals surface area contributed by atoms with Crippen molar-refractivity contribution in [2.45, 2.75) is 25.6 Å². The van der Waals surface area contributed by atoms with Crippen molar-refractivity contribution in [2.24, 2.45) is 0 Å². The smallest absolute Gasteiger partial charge is 0.306 e. The van der Waals surface area contributed by atoms with Gasteiger partial charge in [-0.2, -0.15) is 0 Å². The van der Waals surface area contributed by atoms with Crippen LogP contribution in [0, 0.1) is 0 Å². The molecule has 1 heterocycles. The van der Waals surface area contributed by atoms with Crippen molar-refractivity contribution in [3.8, 4) is 0 Å². The summed E-state index contributed by atoms with van der Waals surface area (Å²) in [5.74, 6) is -0.800. The molecule has 0 spiro atoms. The Labute approximate surface area is 65.5 Å². The van der Waals surface area contributed by atoms with Crippen LogP contribution in [0.25, 0.3) is 0 Å². The van der Waals surface area contributed by atoms with Gasteiger partial charge in [-0.05, 0) is 6.92 Å². The van der Waals surface area contributed by atoms with Gasteiger partial charge in [-0.1, -0.05) is 0 Å². The summed E-state index contributed by atoms with van der Waals surface area (Å²) in [4.78, 5) is 10.3. The van der Waals surface area contributed by atoms with Gasteiger partial charge >= 0.3 is 5.97 Å². The molecule has 1 fully saturated rings. The molecule has 0 amide bonds. The lowest BCUT2D eigenvalue weighted by atomic mass is 10.2. The van der Waals surface area contributed by atoms with Gasteiger partial charge in [0, 0.05) is 13.1 Å². The van der Waals surface area contributed by atoms with E-state index in [0.29, 0.717) is 6.54 Å². The van der Waals surface area contributed by atoms with Crippen molar-refractivity contribution < 1.29 is 14.6 Å². The fourth-order valence-corrected chi connectivity index (χ4v) is 1.19. The van der Waals surface area contributed by atoms with Crippen LogP contribution in [0.2, 0.25) is 0 Å². The quantitative estimate of drug-likeness (QED) is 0.587. The van der Waals surface area contributed by atoms with E-state index >= 15 is 0 Å². The third-order valence-corrected chi connectivity index (χ3v) is 1.63. The maximum atomic E-state index is 10.3. The monoisotopic (exact) mass is 159 g/mol. The van der Waals surface area contributed by atoms with Crippen molar-refractivity contribution in [2.75, 3.05) is 13.1 Å². The molecule has 4 nitrogen and oxygen atoms in total. The van der Waals surface area contributed by atoms with Crippen molar-refractivity contribution in [1.82, 2.24) is 5.32 Å². The molecule has 0 aliphatic carbocycles. The maximum absolute atomic E-state index is 10.3. The summed E-state index contributed by atoms with van der Waals surface area (Å²) in [7, 11) is 0. The standard InChI is InChI=1S/C7H13NO3/c1-5-3-8-4-6(11-5)2-7(9)10/h5-6,8H,2-4H2,1H3,(H,9,10)/t5-,6+/m1/s1. The Bertz CT molecular complexity index is 149. The number of carbonyl (C=O) groups is 1. The average Bonchev–Trinajstić information content (AvgIpc) is 1.85. The van der Waals surface area contributed by atoms with E-state index in [1.807, 2.05) is 6.92 Å². The first-order valence-electron chi connectivity index (χ1n) is 3.76. The second kappa shape index (κ2) is 3.69. The number of hydrogen-bond acceptors (Lipinski definition) is 3. The lowest BCUT2D eigenvalue weighted by Gasteiger charge is -2.27. The van der Waals surface area contributed by atoms with E-state index in [-0.39, 0.29) is 18.6 Å². The summed E-state index contributed by atoms with van der Waals surface area (Å²) in [5, 5.41) is 11.5. The zero-order chi connectivity index (χ0) is 8.27. The Balaban J connectivity index is 2.28. The van der Waals surface area contributed by atoms with E-state index in [1.54, 1.807) is 0 Å². The highest BCUT2D eigenvalue weighted by atomic mass is 16.5. The van der Waals surface area contributed by atoms with Crippen LogP contribution in [-0.4, -0.2) is 36.4 Å². The second-order valence-electron chi connectivity index (χ2n) is 2.82. The first-order valence-corrected chi connectivity index (χ1v) is 3.76. The Hall–Kier alpha value is -0.610. The number of carboxylic acid groups (broad SMARTS) is 1. The zero-order valence-corrected chi connectivity index (χ0v) is 6.54. The second-order valence-corrected chi connectivity index (χ2v) is 2.82. The van der Waals surface area contributed by atoms with Crippen molar-refractivity contribution in [3.05, 3.63) is 0 Å². The predicted octanol–water partition coefficient (Wildman–Crippen LogP) is -0.162. The van der Waals surface area contributed by atoms with Gasteiger partial charge in [0.05, 0.1) is 18.6 Å². The third kappa shape index (κ3) is 2.86. The molecule has 0 aromatic heterocycles. The van der Waals surface area contributed by atoms with E-state index < -0.39 is 5.97 Å². The molecule has 0 aromatic carbocycles. The van der Waals surface area contributed by atoms with Crippen LogP contribution < -0.4 is 5.32 Å². The molecule has 0 unspecified atom stereocenters. The number of aliphatic carboxylic acids is 1. The normalized spacial score (nSPS) is 31.7. The maximum Gasteiger partial charge on any atom is 0.306 e. The molecule has 0 saturated carbocycles. The lowest BCUT2D eigenvalue weighted by molar-refractivity contribution is -0.142. The van der Waals surface area contributed by atoms with Crippen LogP contribution in [0.3, 0.4) is 0 Å². The predicted molar refractivity (Wildman–Crippen MR) is 39.5 cm³/mol. The van der Waals surface area contributed by atoms with Crippen molar-refractivity contribution in [1.29, 1.82) is 0 Å². The summed E-state index contributed by atoms with van der Waals surface area (Å²) < 4.78 is 5.35. The molecule has 0 aromatic rings. The Morgan fingerprint density at radius 2 is 2.45 bits per heavy atom. The summed E-state index contributed by atoms with van der Waals surface area (Å²) >= 11 is 0. The molecule has 2 atom stereocenters. The van der Waals surface area contributed by atoms with Crippen LogP contribution >= 0.6 is 0 Å². The topological polar surface area (TPSA) is 58.6 Å². The number of ether oxygens (including phenoxy) is 1. The highest BCUT2D eigenvalue weighted by molar-refractivity contribution is 5.67. The Morgan fingerprint density at radius 3 is 3.00 bits per heavy atom. The molecule has 0 bridgehead atoms. The highest BCUT2D eigenvalue weighted by Crippen LogP contribution is 2.06. The fourth-order valence-electron chi connectivity index (χ4n) is 1.19. The fraction of sp³-hybridized carbons (Fsp3) is 0.857. The molecule has 2 N–H and O–H groups in total. The van der Waals surface area contributed by atoms with E-state index in [4.69, 9.17) is 9.84 Å². The molecule has 64 valence electrons. The molecule has 4 heteroatoms. The average molecular weight is 159 g/mol. The largest absolute Gasteiger partial charge is 0.481 e. The lowest BCUT2D eigenvalue weighted by Crippen LogP contribution is -2.44. The van der Waals surface area contributed by atoms with Gasteiger partial charge in [0.2, 0.25) is 0 Å². The Morgan fingerprint density at radius 1 is 1.73 bits per heavy atom. The molecule has 1 rings (SSSR count). The molecular formula is C7H13NO3. The molecule has 1 saturated heterocycles. The van der Waals surface area contributed by atoms with E-state index in [1.165, 1.54) is 0 Å². The Kier molecular flexibility index (Phi) is 2.84. The first kappa shape index (κ1) is 8.49. The SMILES string of the molecule is C[C@@H]1CNC[C@H](CC(=O)O)O1. The van der Waals surface area contributed by atoms with Gasteiger partial charge in [0.15, 0.2) is 0 Å². The zero-order valence-electron chi connectivity index (χ0n) is 6.54. The summed E-state index contributed by atoms with van der Waals surface area (Å²) in [6.45, 7) is 3.40. The van der Waals surface area contributed by atoms with Crippen molar-refractivity contribution in [3.63, 3.8) is 0 Å².